The number of benzene rings is 1. The molecule has 1 unspecified atom stereocenters. The molecular weight excluding hydrogens is 461 g/mol. The Kier molecular flexibility index (Phi) is 6.68. The van der Waals surface area contributed by atoms with Gasteiger partial charge in [-0.05, 0) is 31.4 Å². The highest BCUT2D eigenvalue weighted by molar-refractivity contribution is 6.06. The molecule has 0 aromatic heterocycles. The third kappa shape index (κ3) is 4.87. The number of amides is 3. The first-order valence-electron chi connectivity index (χ1n) is 10.3. The molecule has 6 nitrogen and oxygen atoms in total. The Morgan fingerprint density at radius 3 is 2.44 bits per heavy atom. The van der Waals surface area contributed by atoms with Crippen molar-refractivity contribution >= 4 is 23.3 Å². The molecule has 0 radical (unpaired) electrons. The maximum Gasteiger partial charge on any atom is 0.455 e. The maximum atomic E-state index is 13.2. The van der Waals surface area contributed by atoms with E-state index in [1.807, 2.05) is 12.2 Å². The van der Waals surface area contributed by atoms with Crippen LogP contribution in [0.5, 0.6) is 0 Å². The minimum atomic E-state index is -5.86. The molecule has 0 saturated carbocycles. The first-order chi connectivity index (χ1) is 15.8. The fourth-order valence-corrected chi connectivity index (χ4v) is 3.39. The van der Waals surface area contributed by atoms with Crippen LogP contribution in [0.15, 0.2) is 54.3 Å². The van der Waals surface area contributed by atoms with E-state index < -0.39 is 47.8 Å². The summed E-state index contributed by atoms with van der Waals surface area (Å²) in [4.78, 5) is 38.3. The number of hydrogen-bond donors (Lipinski definition) is 3. The van der Waals surface area contributed by atoms with Crippen LogP contribution in [0.2, 0.25) is 0 Å². The third-order valence-electron chi connectivity index (χ3n) is 5.53. The molecule has 1 atom stereocenters. The average Bonchev–Trinajstić information content (AvgIpc) is 3.04. The summed E-state index contributed by atoms with van der Waals surface area (Å²) in [7, 11) is 0. The van der Waals surface area contributed by atoms with E-state index in [1.54, 1.807) is 36.4 Å². The lowest BCUT2D eigenvalue weighted by molar-refractivity contribution is -0.278. The topological polar surface area (TPSA) is 87.3 Å². The number of rotatable bonds is 5. The average molecular weight is 483 g/mol. The second kappa shape index (κ2) is 9.03. The van der Waals surface area contributed by atoms with Gasteiger partial charge in [-0.15, -0.1) is 0 Å². The Hall–Kier alpha value is -3.50. The van der Waals surface area contributed by atoms with E-state index in [0.29, 0.717) is 28.8 Å². The molecule has 3 N–H and O–H groups in total. The summed E-state index contributed by atoms with van der Waals surface area (Å²) in [6.07, 6.45) is 2.03. The Morgan fingerprint density at radius 1 is 1.09 bits per heavy atom. The molecule has 11 heteroatoms. The van der Waals surface area contributed by atoms with E-state index in [4.69, 9.17) is 0 Å². The van der Waals surface area contributed by atoms with Crippen LogP contribution in [0.4, 0.5) is 22.0 Å². The molecule has 34 heavy (non-hydrogen) atoms. The molecule has 3 amide bonds. The molecule has 1 aliphatic carbocycles. The standard InChI is InChI=1S/C23H22F5N3O3/c1-21(2,19(33)29-12-22(24,25)23(26,27)28)20(34)31-17-15-10-7-6-8-13(15)14-9-4-3-5-11-16(14)30-18(17)32/h3-4,6-11,17H,5,12H2,1-2H3,(H,29,33)(H,30,32)(H,31,34). The molecule has 1 aromatic rings. The number of fused-ring (bicyclic) bond motifs is 3. The molecule has 0 saturated heterocycles. The Morgan fingerprint density at radius 2 is 1.76 bits per heavy atom. The van der Waals surface area contributed by atoms with Crippen molar-refractivity contribution in [1.29, 1.82) is 0 Å². The fraction of sp³-hybridized carbons (Fsp3) is 0.348. The second-order valence-electron chi connectivity index (χ2n) is 8.35. The molecule has 1 aromatic carbocycles. The van der Waals surface area contributed by atoms with E-state index in [0.717, 1.165) is 13.8 Å². The lowest BCUT2D eigenvalue weighted by Gasteiger charge is -2.27. The van der Waals surface area contributed by atoms with E-state index in [1.165, 1.54) is 5.32 Å². The predicted octanol–water partition coefficient (Wildman–Crippen LogP) is 3.54. The lowest BCUT2D eigenvalue weighted by Crippen LogP contribution is -2.54. The van der Waals surface area contributed by atoms with Crippen molar-refractivity contribution < 1.29 is 36.3 Å². The summed E-state index contributed by atoms with van der Waals surface area (Å²) in [5.41, 5.74) is 0.259. The van der Waals surface area contributed by atoms with E-state index in [-0.39, 0.29) is 0 Å². The molecule has 3 rings (SSSR count). The van der Waals surface area contributed by atoms with E-state index in [9.17, 15) is 36.3 Å². The quantitative estimate of drug-likeness (QED) is 0.442. The number of hydrogen-bond acceptors (Lipinski definition) is 3. The number of halogens is 5. The van der Waals surface area contributed by atoms with Gasteiger partial charge in [-0.3, -0.25) is 14.4 Å². The molecular formula is C23H22F5N3O3. The number of carbonyl (C=O) groups excluding carboxylic acids is 3. The highest BCUT2D eigenvalue weighted by atomic mass is 19.4. The maximum absolute atomic E-state index is 13.2. The summed E-state index contributed by atoms with van der Waals surface area (Å²) in [6.45, 7) is 0.0992. The van der Waals surface area contributed by atoms with Gasteiger partial charge in [0.25, 0.3) is 5.91 Å². The molecule has 0 fully saturated rings. The molecule has 0 spiro atoms. The van der Waals surface area contributed by atoms with Crippen molar-refractivity contribution in [3.05, 3.63) is 65.4 Å². The summed E-state index contributed by atoms with van der Waals surface area (Å²) in [5, 5.41) is 6.67. The van der Waals surface area contributed by atoms with Crippen molar-refractivity contribution in [3.8, 4) is 0 Å². The van der Waals surface area contributed by atoms with Crippen molar-refractivity contribution in [2.75, 3.05) is 6.54 Å². The van der Waals surface area contributed by atoms with Crippen molar-refractivity contribution in [2.24, 2.45) is 5.41 Å². The highest BCUT2D eigenvalue weighted by Crippen LogP contribution is 2.36. The van der Waals surface area contributed by atoms with E-state index >= 15 is 0 Å². The highest BCUT2D eigenvalue weighted by Gasteiger charge is 2.57. The third-order valence-corrected chi connectivity index (χ3v) is 5.53. The van der Waals surface area contributed by atoms with Gasteiger partial charge in [0.1, 0.15) is 11.5 Å². The van der Waals surface area contributed by atoms with Crippen molar-refractivity contribution in [2.45, 2.75) is 38.4 Å². The minimum Gasteiger partial charge on any atom is -0.349 e. The van der Waals surface area contributed by atoms with Crippen LogP contribution < -0.4 is 16.0 Å². The van der Waals surface area contributed by atoms with Crippen molar-refractivity contribution in [3.63, 3.8) is 0 Å². The van der Waals surface area contributed by atoms with Gasteiger partial charge in [0.2, 0.25) is 11.8 Å². The van der Waals surface area contributed by atoms with Gasteiger partial charge in [-0.25, -0.2) is 0 Å². The van der Waals surface area contributed by atoms with Gasteiger partial charge in [0.15, 0.2) is 0 Å². The fourth-order valence-electron chi connectivity index (χ4n) is 3.39. The normalized spacial score (nSPS) is 18.3. The SMILES string of the molecule is CC(C)(C(=O)NCC(F)(F)C(F)(F)F)C(=O)NC1C(=O)NC2=CCC=CC=C2c2ccccc21. The monoisotopic (exact) mass is 483 g/mol. The largest absolute Gasteiger partial charge is 0.455 e. The van der Waals surface area contributed by atoms with Crippen LogP contribution in [0.3, 0.4) is 0 Å². The van der Waals surface area contributed by atoms with Crippen molar-refractivity contribution in [1.82, 2.24) is 16.0 Å². The molecule has 182 valence electrons. The molecule has 1 aliphatic heterocycles. The van der Waals surface area contributed by atoms with Gasteiger partial charge in [0.05, 0.1) is 6.54 Å². The van der Waals surface area contributed by atoms with Gasteiger partial charge in [-0.2, -0.15) is 22.0 Å². The van der Waals surface area contributed by atoms with Crippen LogP contribution in [-0.4, -0.2) is 36.4 Å². The van der Waals surface area contributed by atoms with Crippen LogP contribution in [0.25, 0.3) is 5.57 Å². The van der Waals surface area contributed by atoms with Crippen LogP contribution in [0.1, 0.15) is 37.4 Å². The number of carbonyl (C=O) groups is 3. The number of allylic oxidation sites excluding steroid dienone is 5. The zero-order valence-corrected chi connectivity index (χ0v) is 18.2. The number of nitrogens with one attached hydrogen (secondary N) is 3. The predicted molar refractivity (Wildman–Crippen MR) is 113 cm³/mol. The first-order valence-corrected chi connectivity index (χ1v) is 10.3. The smallest absolute Gasteiger partial charge is 0.349 e. The first kappa shape index (κ1) is 25.1. The summed E-state index contributed by atoms with van der Waals surface area (Å²) in [5.74, 6) is -8.14. The summed E-state index contributed by atoms with van der Waals surface area (Å²) < 4.78 is 63.5. The molecule has 1 heterocycles. The minimum absolute atomic E-state index is 0.429. The zero-order valence-electron chi connectivity index (χ0n) is 18.2. The van der Waals surface area contributed by atoms with Crippen LogP contribution in [-0.2, 0) is 14.4 Å². The number of alkyl halides is 5. The van der Waals surface area contributed by atoms with Gasteiger partial charge >= 0.3 is 12.1 Å². The van der Waals surface area contributed by atoms with Gasteiger partial charge in [-0.1, -0.05) is 48.6 Å². The van der Waals surface area contributed by atoms with E-state index in [2.05, 4.69) is 10.6 Å². The summed E-state index contributed by atoms with van der Waals surface area (Å²) in [6, 6.07) is 5.54. The van der Waals surface area contributed by atoms with Crippen LogP contribution >= 0.6 is 0 Å². The Labute approximate surface area is 192 Å². The zero-order chi connectivity index (χ0) is 25.3. The van der Waals surface area contributed by atoms with Gasteiger partial charge in [0, 0.05) is 11.3 Å². The summed E-state index contributed by atoms with van der Waals surface area (Å²) >= 11 is 0. The Bertz CT molecular complexity index is 1100. The van der Waals surface area contributed by atoms with Crippen LogP contribution in [0, 0.1) is 5.41 Å². The lowest BCUT2D eigenvalue weighted by atomic mass is 9.89. The second-order valence-corrected chi connectivity index (χ2v) is 8.35. The molecule has 2 aliphatic rings. The molecule has 0 bridgehead atoms. The van der Waals surface area contributed by atoms with Gasteiger partial charge < -0.3 is 16.0 Å². The Balaban J connectivity index is 1.85.